The van der Waals surface area contributed by atoms with Crippen molar-refractivity contribution in [3.05, 3.63) is 29.0 Å². The standard InChI is InChI=1S/C16H25N5O/c1-11-12(2)22-16(17-11)10-20-8-6-5-7-15(20)9-21-14(4)18-13(3)19-21/h15H,5-10H2,1-4H3/t15-/m1/s1. The van der Waals surface area contributed by atoms with Gasteiger partial charge in [0.1, 0.15) is 17.4 Å². The number of rotatable bonds is 4. The average Bonchev–Trinajstić information content (AvgIpc) is 2.94. The summed E-state index contributed by atoms with van der Waals surface area (Å²) in [6.45, 7) is 10.7. The lowest BCUT2D eigenvalue weighted by molar-refractivity contribution is 0.110. The Labute approximate surface area is 131 Å². The minimum atomic E-state index is 0.473. The molecule has 3 rings (SSSR count). The summed E-state index contributed by atoms with van der Waals surface area (Å²) in [6.07, 6.45) is 3.71. The highest BCUT2D eigenvalue weighted by Gasteiger charge is 2.25. The maximum absolute atomic E-state index is 5.76. The van der Waals surface area contributed by atoms with Gasteiger partial charge in [-0.3, -0.25) is 4.90 Å². The molecule has 0 saturated carbocycles. The Kier molecular flexibility index (Phi) is 4.29. The van der Waals surface area contributed by atoms with Gasteiger partial charge in [-0.05, 0) is 47.1 Å². The fraction of sp³-hybridized carbons (Fsp3) is 0.688. The molecule has 1 aliphatic rings. The Balaban J connectivity index is 1.72. The second kappa shape index (κ2) is 6.20. The molecule has 6 heteroatoms. The normalized spacial score (nSPS) is 19.7. The van der Waals surface area contributed by atoms with E-state index in [9.17, 15) is 0 Å². The molecular formula is C16H25N5O. The van der Waals surface area contributed by atoms with Crippen molar-refractivity contribution >= 4 is 0 Å². The molecule has 0 unspecified atom stereocenters. The van der Waals surface area contributed by atoms with Crippen molar-refractivity contribution in [2.45, 2.75) is 66.1 Å². The molecule has 0 aliphatic carbocycles. The number of nitrogens with zero attached hydrogens (tertiary/aromatic N) is 5. The molecule has 6 nitrogen and oxygen atoms in total. The molecule has 3 heterocycles. The number of aromatic nitrogens is 4. The predicted octanol–water partition coefficient (Wildman–Crippen LogP) is 2.55. The van der Waals surface area contributed by atoms with Crippen LogP contribution in [0.25, 0.3) is 0 Å². The van der Waals surface area contributed by atoms with Gasteiger partial charge in [0.25, 0.3) is 0 Å². The van der Waals surface area contributed by atoms with Gasteiger partial charge >= 0.3 is 0 Å². The van der Waals surface area contributed by atoms with E-state index < -0.39 is 0 Å². The molecule has 0 N–H and O–H groups in total. The van der Waals surface area contributed by atoms with Crippen LogP contribution in [-0.4, -0.2) is 37.2 Å². The summed E-state index contributed by atoms with van der Waals surface area (Å²) >= 11 is 0. The van der Waals surface area contributed by atoms with Gasteiger partial charge in [-0.25, -0.2) is 14.6 Å². The van der Waals surface area contributed by atoms with E-state index in [1.54, 1.807) is 0 Å². The molecule has 120 valence electrons. The lowest BCUT2D eigenvalue weighted by Gasteiger charge is -2.34. The van der Waals surface area contributed by atoms with Crippen LogP contribution < -0.4 is 0 Å². The van der Waals surface area contributed by atoms with E-state index >= 15 is 0 Å². The van der Waals surface area contributed by atoms with E-state index in [-0.39, 0.29) is 0 Å². The summed E-state index contributed by atoms with van der Waals surface area (Å²) in [7, 11) is 0. The smallest absolute Gasteiger partial charge is 0.208 e. The van der Waals surface area contributed by atoms with E-state index in [0.717, 1.165) is 48.6 Å². The van der Waals surface area contributed by atoms with Gasteiger partial charge in [0.15, 0.2) is 0 Å². The van der Waals surface area contributed by atoms with Crippen molar-refractivity contribution in [2.75, 3.05) is 6.54 Å². The van der Waals surface area contributed by atoms with Crippen molar-refractivity contribution < 1.29 is 4.42 Å². The van der Waals surface area contributed by atoms with Gasteiger partial charge < -0.3 is 4.42 Å². The Bertz CT molecular complexity index is 626. The Morgan fingerprint density at radius 3 is 2.59 bits per heavy atom. The first-order valence-corrected chi connectivity index (χ1v) is 8.08. The summed E-state index contributed by atoms with van der Waals surface area (Å²) in [4.78, 5) is 11.4. The summed E-state index contributed by atoms with van der Waals surface area (Å²) in [5.41, 5.74) is 0.992. The number of likely N-dealkylation sites (tertiary alicyclic amines) is 1. The largest absolute Gasteiger partial charge is 0.444 e. The maximum atomic E-state index is 5.76. The Hall–Kier alpha value is -1.69. The quantitative estimate of drug-likeness (QED) is 0.868. The van der Waals surface area contributed by atoms with Crippen molar-refractivity contribution in [1.82, 2.24) is 24.6 Å². The average molecular weight is 303 g/mol. The predicted molar refractivity (Wildman–Crippen MR) is 83.5 cm³/mol. The van der Waals surface area contributed by atoms with Crippen molar-refractivity contribution in [3.63, 3.8) is 0 Å². The highest BCUT2D eigenvalue weighted by Crippen LogP contribution is 2.22. The van der Waals surface area contributed by atoms with Crippen LogP contribution in [0.4, 0.5) is 0 Å². The lowest BCUT2D eigenvalue weighted by Crippen LogP contribution is -2.42. The zero-order chi connectivity index (χ0) is 15.7. The summed E-state index contributed by atoms with van der Waals surface area (Å²) < 4.78 is 7.79. The third kappa shape index (κ3) is 3.21. The van der Waals surface area contributed by atoms with Crippen LogP contribution in [0.1, 0.15) is 48.3 Å². The third-order valence-electron chi connectivity index (χ3n) is 4.51. The minimum absolute atomic E-state index is 0.473. The topological polar surface area (TPSA) is 60.0 Å². The lowest BCUT2D eigenvalue weighted by atomic mass is 10.0. The molecular weight excluding hydrogens is 278 g/mol. The fourth-order valence-corrected chi connectivity index (χ4v) is 3.19. The van der Waals surface area contributed by atoms with Gasteiger partial charge in [0.05, 0.1) is 18.8 Å². The van der Waals surface area contributed by atoms with Crippen molar-refractivity contribution in [1.29, 1.82) is 0 Å². The molecule has 0 radical (unpaired) electrons. The maximum Gasteiger partial charge on any atom is 0.208 e. The zero-order valence-corrected chi connectivity index (χ0v) is 14.0. The van der Waals surface area contributed by atoms with Gasteiger partial charge in [-0.1, -0.05) is 6.42 Å². The second-order valence-electron chi connectivity index (χ2n) is 6.26. The SMILES string of the molecule is Cc1nc(C)n(C[C@H]2CCCCN2Cc2nc(C)c(C)o2)n1. The number of oxazole rings is 1. The second-order valence-corrected chi connectivity index (χ2v) is 6.26. The van der Waals surface area contributed by atoms with Crippen LogP contribution in [0.2, 0.25) is 0 Å². The van der Waals surface area contributed by atoms with Crippen LogP contribution >= 0.6 is 0 Å². The van der Waals surface area contributed by atoms with Gasteiger partial charge in [-0.2, -0.15) is 5.10 Å². The van der Waals surface area contributed by atoms with Crippen LogP contribution in [-0.2, 0) is 13.1 Å². The first-order valence-electron chi connectivity index (χ1n) is 8.08. The Morgan fingerprint density at radius 1 is 1.14 bits per heavy atom. The fourth-order valence-electron chi connectivity index (χ4n) is 3.19. The number of aryl methyl sites for hydroxylation is 4. The molecule has 1 fully saturated rings. The van der Waals surface area contributed by atoms with Crippen molar-refractivity contribution in [3.8, 4) is 0 Å². The molecule has 0 amide bonds. The van der Waals surface area contributed by atoms with E-state index in [4.69, 9.17) is 4.42 Å². The molecule has 0 bridgehead atoms. The molecule has 22 heavy (non-hydrogen) atoms. The zero-order valence-electron chi connectivity index (χ0n) is 14.0. The van der Waals surface area contributed by atoms with Crippen LogP contribution in [0.15, 0.2) is 4.42 Å². The molecule has 2 aromatic rings. The highest BCUT2D eigenvalue weighted by molar-refractivity contribution is 5.05. The molecule has 0 aromatic carbocycles. The van der Waals surface area contributed by atoms with E-state index in [1.165, 1.54) is 19.3 Å². The molecule has 1 atom stereocenters. The molecule has 2 aromatic heterocycles. The summed E-state index contributed by atoms with van der Waals surface area (Å²) in [6, 6.07) is 0.473. The van der Waals surface area contributed by atoms with Gasteiger partial charge in [0.2, 0.25) is 5.89 Å². The number of piperidine rings is 1. The molecule has 0 spiro atoms. The van der Waals surface area contributed by atoms with Crippen molar-refractivity contribution in [2.24, 2.45) is 0 Å². The summed E-state index contributed by atoms with van der Waals surface area (Å²) in [5, 5.41) is 4.50. The first kappa shape index (κ1) is 15.2. The van der Waals surface area contributed by atoms with Gasteiger partial charge in [0, 0.05) is 6.04 Å². The summed E-state index contributed by atoms with van der Waals surface area (Å²) in [5.74, 6) is 3.59. The number of hydrogen-bond donors (Lipinski definition) is 0. The Morgan fingerprint density at radius 2 is 1.95 bits per heavy atom. The highest BCUT2D eigenvalue weighted by atomic mass is 16.4. The van der Waals surface area contributed by atoms with E-state index in [1.807, 2.05) is 32.4 Å². The molecule has 1 aliphatic heterocycles. The van der Waals surface area contributed by atoms with Gasteiger partial charge in [-0.15, -0.1) is 0 Å². The minimum Gasteiger partial charge on any atom is -0.444 e. The number of hydrogen-bond acceptors (Lipinski definition) is 5. The van der Waals surface area contributed by atoms with E-state index in [2.05, 4.69) is 20.0 Å². The monoisotopic (exact) mass is 303 g/mol. The van der Waals surface area contributed by atoms with Crippen LogP contribution in [0.5, 0.6) is 0 Å². The molecule has 1 saturated heterocycles. The first-order chi connectivity index (χ1) is 10.5. The van der Waals surface area contributed by atoms with E-state index in [0.29, 0.717) is 6.04 Å². The van der Waals surface area contributed by atoms with Crippen LogP contribution in [0.3, 0.4) is 0 Å². The van der Waals surface area contributed by atoms with Crippen LogP contribution in [0, 0.1) is 27.7 Å². The third-order valence-corrected chi connectivity index (χ3v) is 4.51.